The first kappa shape index (κ1) is 31.0. The van der Waals surface area contributed by atoms with Gasteiger partial charge in [-0.15, -0.1) is 11.6 Å². The minimum Gasteiger partial charge on any atom is -0.495 e. The van der Waals surface area contributed by atoms with Crippen molar-refractivity contribution in [2.24, 2.45) is 0 Å². The van der Waals surface area contributed by atoms with E-state index in [1.165, 1.54) is 19.4 Å². The number of nitrogens with one attached hydrogen (secondary N) is 2. The summed E-state index contributed by atoms with van der Waals surface area (Å²) in [5.74, 6) is 7.37. The number of sulfone groups is 1. The molecule has 11 heteroatoms. The molecule has 1 saturated heterocycles. The normalized spacial score (nSPS) is 15.3. The number of β-amino-alcohol motifs (C(OH)–C–C–N with tert-alkyl or cyclic N) is 1. The van der Waals surface area contributed by atoms with Gasteiger partial charge >= 0.3 is 0 Å². The number of ether oxygens (including phenoxy) is 2. The van der Waals surface area contributed by atoms with E-state index < -0.39 is 15.9 Å². The van der Waals surface area contributed by atoms with Crippen molar-refractivity contribution in [2.75, 3.05) is 69.8 Å². The molecule has 2 heterocycles. The Morgan fingerprint density at radius 2 is 1.93 bits per heavy atom. The van der Waals surface area contributed by atoms with E-state index in [1.807, 2.05) is 0 Å². The van der Waals surface area contributed by atoms with E-state index in [-0.39, 0.29) is 4.90 Å². The Bertz CT molecular complexity index is 1490. The van der Waals surface area contributed by atoms with Gasteiger partial charge in [0.2, 0.25) is 0 Å². The molecule has 4 rings (SSSR count). The average Bonchev–Trinajstić information content (AvgIpc) is 3.30. The van der Waals surface area contributed by atoms with Crippen molar-refractivity contribution in [3.05, 3.63) is 48.2 Å². The first-order chi connectivity index (χ1) is 19.7. The summed E-state index contributed by atoms with van der Waals surface area (Å²) in [5, 5.41) is 18.1. The van der Waals surface area contributed by atoms with Crippen LogP contribution in [0.5, 0.6) is 5.75 Å². The molecule has 0 spiro atoms. The van der Waals surface area contributed by atoms with Gasteiger partial charge in [-0.1, -0.05) is 12.0 Å². The predicted octanol–water partition coefficient (Wildman–Crippen LogP) is 3.64. The number of piperidine rings is 1. The fourth-order valence-corrected chi connectivity index (χ4v) is 5.99. The van der Waals surface area contributed by atoms with Crippen molar-refractivity contribution in [3.63, 3.8) is 0 Å². The topological polar surface area (TPSA) is 105 Å². The van der Waals surface area contributed by atoms with Crippen LogP contribution in [-0.4, -0.2) is 94.3 Å². The smallest absolute Gasteiger partial charge is 0.175 e. The summed E-state index contributed by atoms with van der Waals surface area (Å²) in [6, 6.07) is 13.4. The number of hydrogen-bond acceptors (Lipinski definition) is 8. The Morgan fingerprint density at radius 1 is 1.15 bits per heavy atom. The molecule has 1 aliphatic heterocycles. The molecule has 9 nitrogen and oxygen atoms in total. The second-order valence-corrected chi connectivity index (χ2v) is 12.6. The predicted molar refractivity (Wildman–Crippen MR) is 165 cm³/mol. The maximum absolute atomic E-state index is 11.9. The first-order valence-electron chi connectivity index (χ1n) is 13.7. The number of anilines is 2. The molecule has 3 N–H and O–H groups in total. The first-order valence-corrected chi connectivity index (χ1v) is 16.1. The fraction of sp³-hybridized carbons (Fsp3) is 0.467. The van der Waals surface area contributed by atoms with Crippen LogP contribution in [0.4, 0.5) is 11.4 Å². The summed E-state index contributed by atoms with van der Waals surface area (Å²) in [7, 11) is -0.217. The Kier molecular flexibility index (Phi) is 10.8. The SMILES string of the molecule is COCC(O)CN1CCC(Nc2cccc3c2cc(C#CCNc2ccc(S(C)(=O)=O)cc2OC)n3CCCl)CC1. The van der Waals surface area contributed by atoms with Gasteiger partial charge in [0, 0.05) is 68.6 Å². The third kappa shape index (κ3) is 8.09. The number of alkyl halides is 1. The molecule has 0 bridgehead atoms. The quantitative estimate of drug-likeness (QED) is 0.213. The van der Waals surface area contributed by atoms with Crippen LogP contribution in [0, 0.1) is 11.8 Å². The van der Waals surface area contributed by atoms with E-state index in [0.29, 0.717) is 49.6 Å². The Labute approximate surface area is 247 Å². The molecule has 0 radical (unpaired) electrons. The molecule has 1 aromatic heterocycles. The third-order valence-corrected chi connectivity index (χ3v) is 8.49. The van der Waals surface area contributed by atoms with Gasteiger partial charge in [0.15, 0.2) is 9.84 Å². The molecule has 3 aromatic rings. The Morgan fingerprint density at radius 3 is 2.61 bits per heavy atom. The highest BCUT2D eigenvalue weighted by Crippen LogP contribution is 2.30. The number of methoxy groups -OCH3 is 2. The molecule has 222 valence electrons. The number of hydrogen-bond donors (Lipinski definition) is 3. The van der Waals surface area contributed by atoms with Crippen molar-refractivity contribution in [1.29, 1.82) is 0 Å². The van der Waals surface area contributed by atoms with Gasteiger partial charge in [0.05, 0.1) is 48.2 Å². The van der Waals surface area contributed by atoms with Crippen molar-refractivity contribution >= 4 is 43.7 Å². The van der Waals surface area contributed by atoms with Gasteiger partial charge < -0.3 is 34.7 Å². The van der Waals surface area contributed by atoms with Crippen LogP contribution in [0.25, 0.3) is 10.9 Å². The highest BCUT2D eigenvalue weighted by Gasteiger charge is 2.22. The summed E-state index contributed by atoms with van der Waals surface area (Å²) in [5.41, 5.74) is 3.69. The maximum atomic E-state index is 11.9. The lowest BCUT2D eigenvalue weighted by atomic mass is 10.0. The van der Waals surface area contributed by atoms with Crippen LogP contribution in [0.15, 0.2) is 47.4 Å². The number of aliphatic hydroxyl groups excluding tert-OH is 1. The van der Waals surface area contributed by atoms with Crippen molar-refractivity contribution in [1.82, 2.24) is 9.47 Å². The number of likely N-dealkylation sites (tertiary alicyclic amines) is 1. The fourth-order valence-electron chi connectivity index (χ4n) is 5.18. The van der Waals surface area contributed by atoms with Crippen LogP contribution >= 0.6 is 11.6 Å². The standard InChI is InChI=1S/C30H39ClN4O5S/c1-39-21-24(36)20-34-15-11-22(12-16-34)33-27-7-4-8-29-26(27)18-23(35(29)17-13-31)6-5-14-32-28-10-9-25(41(3,37)38)19-30(28)40-2/h4,7-10,18-19,22,24,32-33,36H,11-17,20-21H2,1-3H3. The summed E-state index contributed by atoms with van der Waals surface area (Å²) < 4.78 is 36.3. The number of rotatable bonds is 12. The van der Waals surface area contributed by atoms with Gasteiger partial charge in [-0.05, 0) is 49.1 Å². The third-order valence-electron chi connectivity index (χ3n) is 7.21. The number of halogens is 1. The van der Waals surface area contributed by atoms with E-state index in [2.05, 4.69) is 56.2 Å². The van der Waals surface area contributed by atoms with E-state index >= 15 is 0 Å². The summed E-state index contributed by atoms with van der Waals surface area (Å²) in [4.78, 5) is 2.49. The minimum absolute atomic E-state index is 0.201. The molecular formula is C30H39ClN4O5S. The molecular weight excluding hydrogens is 564 g/mol. The second kappa shape index (κ2) is 14.3. The van der Waals surface area contributed by atoms with Gasteiger partial charge in [-0.3, -0.25) is 0 Å². The van der Waals surface area contributed by atoms with E-state index in [0.717, 1.165) is 48.2 Å². The minimum atomic E-state index is -3.33. The molecule has 1 atom stereocenters. The van der Waals surface area contributed by atoms with E-state index in [1.54, 1.807) is 19.2 Å². The van der Waals surface area contributed by atoms with Crippen LogP contribution in [-0.2, 0) is 21.1 Å². The van der Waals surface area contributed by atoms with Gasteiger partial charge in [-0.2, -0.15) is 0 Å². The molecule has 1 unspecified atom stereocenters. The Balaban J connectivity index is 1.46. The maximum Gasteiger partial charge on any atom is 0.175 e. The molecule has 0 aliphatic carbocycles. The summed E-state index contributed by atoms with van der Waals surface area (Å²) in [6.45, 7) is 3.81. The largest absolute Gasteiger partial charge is 0.495 e. The van der Waals surface area contributed by atoms with Gasteiger partial charge in [0.25, 0.3) is 0 Å². The lowest BCUT2D eigenvalue weighted by Gasteiger charge is -2.34. The van der Waals surface area contributed by atoms with Crippen LogP contribution < -0.4 is 15.4 Å². The van der Waals surface area contributed by atoms with Crippen molar-refractivity contribution < 1.29 is 23.0 Å². The molecule has 2 aromatic carbocycles. The number of aliphatic hydroxyl groups is 1. The van der Waals surface area contributed by atoms with Crippen LogP contribution in [0.1, 0.15) is 18.5 Å². The highest BCUT2D eigenvalue weighted by atomic mass is 35.5. The average molecular weight is 603 g/mol. The monoisotopic (exact) mass is 602 g/mol. The molecule has 0 saturated carbocycles. The zero-order chi connectivity index (χ0) is 29.4. The molecule has 1 fully saturated rings. The van der Waals surface area contributed by atoms with Crippen LogP contribution in [0.2, 0.25) is 0 Å². The second-order valence-electron chi connectivity index (χ2n) is 10.2. The van der Waals surface area contributed by atoms with Crippen molar-refractivity contribution in [3.8, 4) is 17.6 Å². The molecule has 41 heavy (non-hydrogen) atoms. The number of benzene rings is 2. The Hall–Kier alpha value is -2.94. The zero-order valence-electron chi connectivity index (χ0n) is 23.8. The van der Waals surface area contributed by atoms with Gasteiger partial charge in [-0.25, -0.2) is 8.42 Å². The van der Waals surface area contributed by atoms with Gasteiger partial charge in [0.1, 0.15) is 5.75 Å². The van der Waals surface area contributed by atoms with Crippen molar-refractivity contribution in [2.45, 2.75) is 36.4 Å². The van der Waals surface area contributed by atoms with E-state index in [4.69, 9.17) is 21.1 Å². The number of aryl methyl sites for hydroxylation is 1. The van der Waals surface area contributed by atoms with Crippen LogP contribution in [0.3, 0.4) is 0 Å². The number of nitrogens with zero attached hydrogens (tertiary/aromatic N) is 2. The number of aromatic nitrogens is 1. The molecule has 1 aliphatic rings. The summed E-state index contributed by atoms with van der Waals surface area (Å²) >= 11 is 6.17. The zero-order valence-corrected chi connectivity index (χ0v) is 25.4. The van der Waals surface area contributed by atoms with E-state index in [9.17, 15) is 13.5 Å². The number of fused-ring (bicyclic) bond motifs is 1. The lowest BCUT2D eigenvalue weighted by molar-refractivity contribution is 0.0327. The summed E-state index contributed by atoms with van der Waals surface area (Å²) in [6.07, 6.45) is 2.69. The highest BCUT2D eigenvalue weighted by molar-refractivity contribution is 7.90. The lowest BCUT2D eigenvalue weighted by Crippen LogP contribution is -2.43. The molecule has 0 amide bonds.